The molecule has 0 saturated heterocycles. The summed E-state index contributed by atoms with van der Waals surface area (Å²) >= 11 is 0. The molecule has 0 spiro atoms. The average molecular weight is 214 g/mol. The van der Waals surface area contributed by atoms with Gasteiger partial charge in [0.25, 0.3) is 0 Å². The van der Waals surface area contributed by atoms with E-state index in [4.69, 9.17) is 0 Å². The van der Waals surface area contributed by atoms with E-state index in [9.17, 15) is 18.7 Å². The molecule has 0 heterocycles. The average Bonchev–Trinajstić information content (AvgIpc) is 2.08. The predicted octanol–water partition coefficient (Wildman–Crippen LogP) is 2.23. The summed E-state index contributed by atoms with van der Waals surface area (Å²) in [5.41, 5.74) is -1.78. The maximum absolute atomic E-state index is 13.2. The fraction of sp³-hybridized carbons (Fsp3) is 0.364. The lowest BCUT2D eigenvalue weighted by Crippen LogP contribution is -2.32. The number of Topliss-reactive ketones (excluding diaryl/α,β-unsaturated/α-hetero) is 1. The molecule has 2 nitrogen and oxygen atoms in total. The summed E-state index contributed by atoms with van der Waals surface area (Å²) in [6, 6.07) is 1.75. The van der Waals surface area contributed by atoms with Crippen molar-refractivity contribution >= 4 is 5.78 Å². The van der Waals surface area contributed by atoms with Crippen LogP contribution in [0.2, 0.25) is 0 Å². The van der Waals surface area contributed by atoms with Gasteiger partial charge in [-0.25, -0.2) is 8.78 Å². The number of ketones is 1. The molecule has 1 N–H and O–H groups in total. The van der Waals surface area contributed by atoms with Crippen LogP contribution in [0.5, 0.6) is 0 Å². The molecule has 0 amide bonds. The van der Waals surface area contributed by atoms with Crippen LogP contribution in [0.15, 0.2) is 12.1 Å². The van der Waals surface area contributed by atoms with Crippen LogP contribution in [0, 0.1) is 18.6 Å². The molecule has 82 valence electrons. The van der Waals surface area contributed by atoms with E-state index in [1.807, 2.05) is 0 Å². The second-order valence-electron chi connectivity index (χ2n) is 3.97. The van der Waals surface area contributed by atoms with E-state index in [1.165, 1.54) is 20.8 Å². The van der Waals surface area contributed by atoms with Gasteiger partial charge in [-0.1, -0.05) is 0 Å². The van der Waals surface area contributed by atoms with Gasteiger partial charge in [0.2, 0.25) is 0 Å². The Kier molecular flexibility index (Phi) is 2.90. The van der Waals surface area contributed by atoms with E-state index >= 15 is 0 Å². The summed E-state index contributed by atoms with van der Waals surface area (Å²) in [6.45, 7) is 3.94. The lowest BCUT2D eigenvalue weighted by Gasteiger charge is -2.16. The molecule has 0 radical (unpaired) electrons. The van der Waals surface area contributed by atoms with Gasteiger partial charge in [-0.15, -0.1) is 0 Å². The van der Waals surface area contributed by atoms with Gasteiger partial charge in [-0.3, -0.25) is 4.79 Å². The first-order valence-corrected chi connectivity index (χ1v) is 4.46. The molecule has 4 heteroatoms. The van der Waals surface area contributed by atoms with Crippen molar-refractivity contribution in [3.8, 4) is 0 Å². The Hall–Kier alpha value is -1.29. The Labute approximate surface area is 86.5 Å². The number of rotatable bonds is 2. The number of carbonyl (C=O) groups excluding carboxylic acids is 1. The molecule has 0 saturated carbocycles. The van der Waals surface area contributed by atoms with Crippen LogP contribution in [-0.2, 0) is 0 Å². The Bertz CT molecular complexity index is 406. The Morgan fingerprint density at radius 2 is 1.80 bits per heavy atom. The number of halogens is 2. The predicted molar refractivity (Wildman–Crippen MR) is 51.7 cm³/mol. The molecule has 0 aliphatic rings. The monoisotopic (exact) mass is 214 g/mol. The van der Waals surface area contributed by atoms with Crippen LogP contribution in [-0.4, -0.2) is 16.5 Å². The van der Waals surface area contributed by atoms with Crippen molar-refractivity contribution in [1.82, 2.24) is 0 Å². The van der Waals surface area contributed by atoms with Gasteiger partial charge in [0.15, 0.2) is 5.78 Å². The van der Waals surface area contributed by atoms with Crippen molar-refractivity contribution in [3.63, 3.8) is 0 Å². The van der Waals surface area contributed by atoms with E-state index in [1.54, 1.807) is 0 Å². The zero-order chi connectivity index (χ0) is 11.8. The number of aryl methyl sites for hydroxylation is 1. The maximum Gasteiger partial charge on any atom is 0.196 e. The molecular formula is C11H12F2O2. The lowest BCUT2D eigenvalue weighted by atomic mass is 9.95. The van der Waals surface area contributed by atoms with Crippen LogP contribution in [0.1, 0.15) is 29.8 Å². The second-order valence-corrected chi connectivity index (χ2v) is 3.97. The first kappa shape index (κ1) is 11.8. The third-order valence-electron chi connectivity index (χ3n) is 2.05. The van der Waals surface area contributed by atoms with Gasteiger partial charge >= 0.3 is 0 Å². The van der Waals surface area contributed by atoms with Crippen LogP contribution in [0.25, 0.3) is 0 Å². The zero-order valence-corrected chi connectivity index (χ0v) is 8.77. The van der Waals surface area contributed by atoms with Crippen molar-refractivity contribution in [3.05, 3.63) is 34.9 Å². The quantitative estimate of drug-likeness (QED) is 0.766. The molecule has 1 aromatic carbocycles. The SMILES string of the molecule is Cc1cc(C(=O)C(C)(C)O)c(F)cc1F. The number of carbonyl (C=O) groups is 1. The van der Waals surface area contributed by atoms with Gasteiger partial charge in [-0.2, -0.15) is 0 Å². The van der Waals surface area contributed by atoms with Gasteiger partial charge in [0.05, 0.1) is 5.56 Å². The maximum atomic E-state index is 13.2. The Morgan fingerprint density at radius 1 is 1.27 bits per heavy atom. The second kappa shape index (κ2) is 3.70. The minimum atomic E-state index is -1.66. The summed E-state index contributed by atoms with van der Waals surface area (Å²) < 4.78 is 26.1. The van der Waals surface area contributed by atoms with E-state index in [2.05, 4.69) is 0 Å². The minimum absolute atomic E-state index is 0.170. The first-order chi connectivity index (χ1) is 6.73. The highest BCUT2D eigenvalue weighted by Gasteiger charge is 2.28. The number of hydrogen-bond acceptors (Lipinski definition) is 2. The molecule has 0 aromatic heterocycles. The number of hydrogen-bond donors (Lipinski definition) is 1. The molecule has 0 atom stereocenters. The number of aliphatic hydroxyl groups is 1. The summed E-state index contributed by atoms with van der Waals surface area (Å²) in [5, 5.41) is 9.41. The van der Waals surface area contributed by atoms with E-state index in [0.717, 1.165) is 6.07 Å². The fourth-order valence-corrected chi connectivity index (χ4v) is 1.16. The van der Waals surface area contributed by atoms with Crippen molar-refractivity contribution in [2.45, 2.75) is 26.4 Å². The van der Waals surface area contributed by atoms with Crippen molar-refractivity contribution in [1.29, 1.82) is 0 Å². The smallest absolute Gasteiger partial charge is 0.196 e. The zero-order valence-electron chi connectivity index (χ0n) is 8.77. The summed E-state index contributed by atoms with van der Waals surface area (Å²) in [5.74, 6) is -2.42. The molecule has 1 rings (SSSR count). The Morgan fingerprint density at radius 3 is 2.27 bits per heavy atom. The first-order valence-electron chi connectivity index (χ1n) is 4.46. The molecule has 0 unspecified atom stereocenters. The van der Waals surface area contributed by atoms with Gasteiger partial charge < -0.3 is 5.11 Å². The van der Waals surface area contributed by atoms with Gasteiger partial charge in [0.1, 0.15) is 17.2 Å². The van der Waals surface area contributed by atoms with E-state index in [0.29, 0.717) is 6.07 Å². The third-order valence-corrected chi connectivity index (χ3v) is 2.05. The van der Waals surface area contributed by atoms with Crippen LogP contribution >= 0.6 is 0 Å². The van der Waals surface area contributed by atoms with E-state index in [-0.39, 0.29) is 11.1 Å². The van der Waals surface area contributed by atoms with Gasteiger partial charge in [-0.05, 0) is 32.4 Å². The van der Waals surface area contributed by atoms with Crippen LogP contribution in [0.4, 0.5) is 8.78 Å². The fourth-order valence-electron chi connectivity index (χ4n) is 1.16. The normalized spacial score (nSPS) is 11.6. The molecule has 1 aromatic rings. The minimum Gasteiger partial charge on any atom is -0.382 e. The molecule has 0 aliphatic heterocycles. The van der Waals surface area contributed by atoms with Gasteiger partial charge in [0, 0.05) is 6.07 Å². The summed E-state index contributed by atoms with van der Waals surface area (Å²) in [4.78, 5) is 11.5. The van der Waals surface area contributed by atoms with Crippen molar-refractivity contribution in [2.24, 2.45) is 0 Å². The largest absolute Gasteiger partial charge is 0.382 e. The van der Waals surface area contributed by atoms with E-state index < -0.39 is 23.0 Å². The summed E-state index contributed by atoms with van der Waals surface area (Å²) in [7, 11) is 0. The van der Waals surface area contributed by atoms with Crippen LogP contribution < -0.4 is 0 Å². The molecular weight excluding hydrogens is 202 g/mol. The Balaban J connectivity index is 3.28. The molecule has 15 heavy (non-hydrogen) atoms. The highest BCUT2D eigenvalue weighted by Crippen LogP contribution is 2.19. The van der Waals surface area contributed by atoms with Crippen molar-refractivity contribution in [2.75, 3.05) is 0 Å². The number of benzene rings is 1. The lowest BCUT2D eigenvalue weighted by molar-refractivity contribution is 0.0483. The highest BCUT2D eigenvalue weighted by molar-refractivity contribution is 6.02. The van der Waals surface area contributed by atoms with Crippen LogP contribution in [0.3, 0.4) is 0 Å². The molecule has 0 aliphatic carbocycles. The van der Waals surface area contributed by atoms with Crippen molar-refractivity contribution < 1.29 is 18.7 Å². The highest BCUT2D eigenvalue weighted by atomic mass is 19.1. The molecule has 0 bridgehead atoms. The summed E-state index contributed by atoms with van der Waals surface area (Å²) in [6.07, 6.45) is 0. The topological polar surface area (TPSA) is 37.3 Å². The standard InChI is InChI=1S/C11H12F2O2/c1-6-4-7(9(13)5-8(6)12)10(14)11(2,3)15/h4-5,15H,1-3H3. The molecule has 0 fully saturated rings. The third kappa shape index (κ3) is 2.39.